The maximum Gasteiger partial charge on any atom is 0.271 e. The van der Waals surface area contributed by atoms with E-state index in [0.717, 1.165) is 11.8 Å². The minimum Gasteiger partial charge on any atom is -0.493 e. The van der Waals surface area contributed by atoms with Gasteiger partial charge >= 0.3 is 0 Å². The lowest BCUT2D eigenvalue weighted by Crippen LogP contribution is -2.27. The topological polar surface area (TPSA) is 107 Å². The van der Waals surface area contributed by atoms with Crippen molar-refractivity contribution in [3.05, 3.63) is 40.7 Å². The third-order valence-electron chi connectivity index (χ3n) is 3.84. The van der Waals surface area contributed by atoms with E-state index < -0.39 is 20.9 Å². The molecule has 0 aliphatic rings. The van der Waals surface area contributed by atoms with Crippen molar-refractivity contribution >= 4 is 27.3 Å². The normalized spacial score (nSPS) is 11.1. The fraction of sp³-hybridized carbons (Fsp3) is 0.389. The molecule has 1 amide bonds. The number of carbonyl (C=O) groups is 1. The molecule has 8 nitrogen and oxygen atoms in total. The van der Waals surface area contributed by atoms with Crippen LogP contribution in [-0.4, -0.2) is 50.8 Å². The number of rotatable bonds is 9. The molecule has 0 radical (unpaired) electrons. The third kappa shape index (κ3) is 5.32. The first-order valence-corrected chi connectivity index (χ1v) is 10.6. The average molecular weight is 428 g/mol. The minimum absolute atomic E-state index is 0.0148. The number of carbonyl (C=O) groups excluding carboxylic acids is 1. The largest absolute Gasteiger partial charge is 0.493 e. The quantitative estimate of drug-likeness (QED) is 0.611. The molecule has 1 aromatic heterocycles. The maximum absolute atomic E-state index is 12.4. The Morgan fingerprint density at radius 3 is 2.57 bits per heavy atom. The summed E-state index contributed by atoms with van der Waals surface area (Å²) in [6.07, 6.45) is 2.07. The zero-order chi connectivity index (χ0) is 20.7. The van der Waals surface area contributed by atoms with E-state index >= 15 is 0 Å². The van der Waals surface area contributed by atoms with Gasteiger partial charge in [-0.2, -0.15) is 0 Å². The van der Waals surface area contributed by atoms with Crippen molar-refractivity contribution in [1.29, 1.82) is 0 Å². The Kier molecular flexibility index (Phi) is 7.59. The molecule has 1 aromatic carbocycles. The SMILES string of the molecule is CCCS(=O)(=O)c1ncc(Cl)c(C(=O)NCCc2ccc(OC)c(OC)c2)n1. The Labute approximate surface area is 169 Å². The number of nitrogens with zero attached hydrogens (tertiary/aromatic N) is 2. The second kappa shape index (κ2) is 9.70. The molecule has 0 aliphatic carbocycles. The van der Waals surface area contributed by atoms with Crippen molar-refractivity contribution in [2.24, 2.45) is 0 Å². The average Bonchev–Trinajstić information content (AvgIpc) is 2.67. The zero-order valence-electron chi connectivity index (χ0n) is 15.9. The molecule has 0 bridgehead atoms. The fourth-order valence-corrected chi connectivity index (χ4v) is 3.80. The smallest absolute Gasteiger partial charge is 0.271 e. The summed E-state index contributed by atoms with van der Waals surface area (Å²) in [5, 5.41) is 2.27. The van der Waals surface area contributed by atoms with Crippen molar-refractivity contribution in [2.75, 3.05) is 26.5 Å². The molecule has 0 aliphatic heterocycles. The summed E-state index contributed by atoms with van der Waals surface area (Å²) in [5.41, 5.74) is 0.761. The fourth-order valence-electron chi connectivity index (χ4n) is 2.46. The number of nitrogens with one attached hydrogen (secondary N) is 1. The molecule has 10 heteroatoms. The van der Waals surface area contributed by atoms with Gasteiger partial charge in [0.1, 0.15) is 0 Å². The number of sulfone groups is 1. The number of benzene rings is 1. The summed E-state index contributed by atoms with van der Waals surface area (Å²) in [5.74, 6) is 0.537. The van der Waals surface area contributed by atoms with Crippen LogP contribution in [0.1, 0.15) is 29.4 Å². The number of methoxy groups -OCH3 is 2. The third-order valence-corrected chi connectivity index (χ3v) is 5.81. The first-order chi connectivity index (χ1) is 13.3. The highest BCUT2D eigenvalue weighted by molar-refractivity contribution is 7.91. The summed E-state index contributed by atoms with van der Waals surface area (Å²) >= 11 is 5.98. The van der Waals surface area contributed by atoms with Crippen LogP contribution in [0.25, 0.3) is 0 Å². The van der Waals surface area contributed by atoms with Gasteiger partial charge < -0.3 is 14.8 Å². The molecule has 1 heterocycles. The summed E-state index contributed by atoms with van der Waals surface area (Å²) in [7, 11) is -0.547. The number of hydrogen-bond acceptors (Lipinski definition) is 7. The molecule has 0 saturated carbocycles. The molecule has 0 unspecified atom stereocenters. The van der Waals surface area contributed by atoms with Gasteiger partial charge in [0.2, 0.25) is 15.0 Å². The molecule has 28 heavy (non-hydrogen) atoms. The molecule has 2 rings (SSSR count). The van der Waals surface area contributed by atoms with E-state index in [4.69, 9.17) is 21.1 Å². The van der Waals surface area contributed by atoms with E-state index in [1.54, 1.807) is 27.2 Å². The molecule has 0 atom stereocenters. The Bertz CT molecular complexity index is 950. The molecule has 0 fully saturated rings. The van der Waals surface area contributed by atoms with Crippen LogP contribution >= 0.6 is 11.6 Å². The zero-order valence-corrected chi connectivity index (χ0v) is 17.4. The summed E-state index contributed by atoms with van der Waals surface area (Å²) < 4.78 is 34.7. The van der Waals surface area contributed by atoms with Crippen molar-refractivity contribution < 1.29 is 22.7 Å². The van der Waals surface area contributed by atoms with Crippen LogP contribution in [0.15, 0.2) is 29.6 Å². The highest BCUT2D eigenvalue weighted by atomic mass is 35.5. The van der Waals surface area contributed by atoms with E-state index in [9.17, 15) is 13.2 Å². The second-order valence-corrected chi connectivity index (χ2v) is 8.27. The van der Waals surface area contributed by atoms with Crippen molar-refractivity contribution in [1.82, 2.24) is 15.3 Å². The van der Waals surface area contributed by atoms with E-state index in [0.29, 0.717) is 30.9 Å². The summed E-state index contributed by atoms with van der Waals surface area (Å²) in [6.45, 7) is 2.03. The molecular weight excluding hydrogens is 406 g/mol. The summed E-state index contributed by atoms with van der Waals surface area (Å²) in [6, 6.07) is 5.46. The van der Waals surface area contributed by atoms with Gasteiger partial charge in [-0.3, -0.25) is 4.79 Å². The van der Waals surface area contributed by atoms with Gasteiger partial charge in [-0.05, 0) is 30.5 Å². The lowest BCUT2D eigenvalue weighted by Gasteiger charge is -2.10. The molecule has 152 valence electrons. The Balaban J connectivity index is 2.07. The van der Waals surface area contributed by atoms with Gasteiger partial charge in [0, 0.05) is 6.54 Å². The van der Waals surface area contributed by atoms with Gasteiger partial charge in [0.15, 0.2) is 17.2 Å². The molecule has 2 aromatic rings. The monoisotopic (exact) mass is 427 g/mol. The number of ether oxygens (including phenoxy) is 2. The second-order valence-electron chi connectivity index (χ2n) is 5.86. The van der Waals surface area contributed by atoms with E-state index in [1.165, 1.54) is 0 Å². The molecule has 0 saturated heterocycles. The Morgan fingerprint density at radius 1 is 1.21 bits per heavy atom. The van der Waals surface area contributed by atoms with Crippen molar-refractivity contribution in [3.63, 3.8) is 0 Å². The van der Waals surface area contributed by atoms with Crippen LogP contribution in [0.4, 0.5) is 0 Å². The van der Waals surface area contributed by atoms with Crippen molar-refractivity contribution in [3.8, 4) is 11.5 Å². The first kappa shape index (κ1) is 21.9. The van der Waals surface area contributed by atoms with Crippen molar-refractivity contribution in [2.45, 2.75) is 24.9 Å². The number of halogens is 1. The van der Waals surface area contributed by atoms with Crippen LogP contribution in [0.3, 0.4) is 0 Å². The van der Waals surface area contributed by atoms with Crippen LogP contribution < -0.4 is 14.8 Å². The molecule has 0 spiro atoms. The predicted molar refractivity (Wildman–Crippen MR) is 105 cm³/mol. The van der Waals surface area contributed by atoms with E-state index in [2.05, 4.69) is 15.3 Å². The minimum atomic E-state index is -3.65. The highest BCUT2D eigenvalue weighted by Crippen LogP contribution is 2.27. The molecular formula is C18H22ClN3O5S. The van der Waals surface area contributed by atoms with Gasteiger partial charge in [0.05, 0.1) is 31.2 Å². The van der Waals surface area contributed by atoms with Gasteiger partial charge in [-0.1, -0.05) is 24.6 Å². The van der Waals surface area contributed by atoms with E-state index in [-0.39, 0.29) is 16.5 Å². The van der Waals surface area contributed by atoms with Crippen LogP contribution in [0.5, 0.6) is 11.5 Å². The van der Waals surface area contributed by atoms with Crippen LogP contribution in [0.2, 0.25) is 5.02 Å². The Hall–Kier alpha value is -2.39. The maximum atomic E-state index is 12.4. The highest BCUT2D eigenvalue weighted by Gasteiger charge is 2.21. The van der Waals surface area contributed by atoms with Gasteiger partial charge in [0.25, 0.3) is 5.91 Å². The van der Waals surface area contributed by atoms with Crippen LogP contribution in [0, 0.1) is 0 Å². The standard InChI is InChI=1S/C18H22ClN3O5S/c1-4-9-28(24,25)18-21-11-13(19)16(22-18)17(23)20-8-7-12-5-6-14(26-2)15(10-12)27-3/h5-6,10-11H,4,7-9H2,1-3H3,(H,20,23). The summed E-state index contributed by atoms with van der Waals surface area (Å²) in [4.78, 5) is 20.0. The number of hydrogen-bond donors (Lipinski definition) is 1. The van der Waals surface area contributed by atoms with Gasteiger partial charge in [-0.25, -0.2) is 18.4 Å². The molecule has 1 N–H and O–H groups in total. The predicted octanol–water partition coefficient (Wildman–Crippen LogP) is 2.30. The number of aromatic nitrogens is 2. The number of amides is 1. The first-order valence-electron chi connectivity index (χ1n) is 8.56. The lowest BCUT2D eigenvalue weighted by molar-refractivity contribution is 0.0948. The van der Waals surface area contributed by atoms with E-state index in [1.807, 2.05) is 12.1 Å². The Morgan fingerprint density at radius 2 is 1.93 bits per heavy atom. The van der Waals surface area contributed by atoms with Gasteiger partial charge in [-0.15, -0.1) is 0 Å². The van der Waals surface area contributed by atoms with Crippen LogP contribution in [-0.2, 0) is 16.3 Å². The lowest BCUT2D eigenvalue weighted by atomic mass is 10.1.